The molecule has 0 spiro atoms. The number of rotatable bonds is 5. The zero-order valence-electron chi connectivity index (χ0n) is 14.0. The molecule has 0 aliphatic carbocycles. The van der Waals surface area contributed by atoms with Gasteiger partial charge >= 0.3 is 5.97 Å². The van der Waals surface area contributed by atoms with E-state index in [2.05, 4.69) is 5.32 Å². The monoisotopic (exact) mass is 360 g/mol. The van der Waals surface area contributed by atoms with Crippen LogP contribution in [0.3, 0.4) is 0 Å². The van der Waals surface area contributed by atoms with Crippen molar-refractivity contribution in [2.45, 2.75) is 19.4 Å². The summed E-state index contributed by atoms with van der Waals surface area (Å²) in [4.78, 5) is 22.6. The number of nitro benzene ring substituents is 1. The number of nitro groups is 1. The Balaban J connectivity index is 1.92. The van der Waals surface area contributed by atoms with Crippen molar-refractivity contribution < 1.29 is 23.6 Å². The lowest BCUT2D eigenvalue weighted by Gasteiger charge is -2.27. The van der Waals surface area contributed by atoms with Gasteiger partial charge in [-0.05, 0) is 25.1 Å². The third-order valence-electron chi connectivity index (χ3n) is 4.06. The van der Waals surface area contributed by atoms with Crippen LogP contribution in [0, 0.1) is 15.9 Å². The van der Waals surface area contributed by atoms with Gasteiger partial charge in [-0.3, -0.25) is 10.1 Å². The van der Waals surface area contributed by atoms with E-state index in [0.717, 1.165) is 0 Å². The molecule has 8 heteroatoms. The average Bonchev–Trinajstić information content (AvgIpc) is 2.62. The molecule has 0 amide bonds. The first kappa shape index (κ1) is 17.7. The molecule has 0 unspecified atom stereocenters. The van der Waals surface area contributed by atoms with Crippen LogP contribution >= 0.6 is 0 Å². The number of carbonyl (C=O) groups is 1. The summed E-state index contributed by atoms with van der Waals surface area (Å²) in [6, 6.07) is 8.57. The second kappa shape index (κ2) is 7.38. The number of carbonyl (C=O) groups excluding carboxylic acids is 1. The van der Waals surface area contributed by atoms with Gasteiger partial charge in [-0.1, -0.05) is 12.1 Å². The van der Waals surface area contributed by atoms with Crippen LogP contribution < -0.4 is 10.1 Å². The van der Waals surface area contributed by atoms with Gasteiger partial charge in [0.25, 0.3) is 5.69 Å². The maximum Gasteiger partial charge on any atom is 0.345 e. The van der Waals surface area contributed by atoms with Crippen LogP contribution in [0.4, 0.5) is 15.8 Å². The molecule has 1 aliphatic heterocycles. The van der Waals surface area contributed by atoms with Crippen LogP contribution in [-0.4, -0.2) is 24.1 Å². The number of nitrogens with one attached hydrogen (secondary N) is 1. The molecule has 1 aliphatic rings. The minimum atomic E-state index is -0.763. The lowest BCUT2D eigenvalue weighted by atomic mass is 9.99. The number of anilines is 1. The fourth-order valence-electron chi connectivity index (χ4n) is 2.90. The summed E-state index contributed by atoms with van der Waals surface area (Å²) >= 11 is 0. The van der Waals surface area contributed by atoms with Gasteiger partial charge in [-0.2, -0.15) is 0 Å². The van der Waals surface area contributed by atoms with E-state index in [-0.39, 0.29) is 29.6 Å². The van der Waals surface area contributed by atoms with Gasteiger partial charge in [0.15, 0.2) is 11.6 Å². The summed E-state index contributed by atoms with van der Waals surface area (Å²) in [6.07, 6.45) is 0.585. The summed E-state index contributed by atoms with van der Waals surface area (Å²) in [7, 11) is 0. The quantitative estimate of drug-likeness (QED) is 0.495. The van der Waals surface area contributed by atoms with E-state index in [1.54, 1.807) is 19.1 Å². The molecule has 136 valence electrons. The number of hydrogen-bond acceptors (Lipinski definition) is 6. The molecule has 0 radical (unpaired) electrons. The minimum Gasteiger partial charge on any atom is -0.490 e. The van der Waals surface area contributed by atoms with Crippen molar-refractivity contribution in [3.05, 3.63) is 63.5 Å². The van der Waals surface area contributed by atoms with Crippen molar-refractivity contribution >= 4 is 17.3 Å². The summed E-state index contributed by atoms with van der Waals surface area (Å²) in [6.45, 7) is 2.07. The van der Waals surface area contributed by atoms with Crippen molar-refractivity contribution in [1.29, 1.82) is 0 Å². The number of esters is 1. The second-order valence-electron chi connectivity index (χ2n) is 5.70. The smallest absolute Gasteiger partial charge is 0.345 e. The van der Waals surface area contributed by atoms with Crippen molar-refractivity contribution in [1.82, 2.24) is 0 Å². The molecule has 7 nitrogen and oxygen atoms in total. The Morgan fingerprint density at radius 1 is 1.42 bits per heavy atom. The molecule has 0 fully saturated rings. The Morgan fingerprint density at radius 2 is 2.23 bits per heavy atom. The number of benzene rings is 2. The number of ether oxygens (including phenoxy) is 2. The van der Waals surface area contributed by atoms with Crippen molar-refractivity contribution in [3.8, 4) is 5.75 Å². The fourth-order valence-corrected chi connectivity index (χ4v) is 2.90. The third kappa shape index (κ3) is 3.44. The van der Waals surface area contributed by atoms with Gasteiger partial charge in [-0.25, -0.2) is 9.18 Å². The van der Waals surface area contributed by atoms with Crippen molar-refractivity contribution in [2.75, 3.05) is 18.5 Å². The van der Waals surface area contributed by atoms with Crippen LogP contribution in [-0.2, 0) is 4.74 Å². The van der Waals surface area contributed by atoms with E-state index >= 15 is 0 Å². The van der Waals surface area contributed by atoms with Crippen LogP contribution in [0.15, 0.2) is 36.4 Å². The Kier molecular flexibility index (Phi) is 5.01. The molecule has 26 heavy (non-hydrogen) atoms. The van der Waals surface area contributed by atoms with Gasteiger partial charge in [-0.15, -0.1) is 0 Å². The van der Waals surface area contributed by atoms with E-state index in [1.807, 2.05) is 0 Å². The first-order valence-corrected chi connectivity index (χ1v) is 8.14. The lowest BCUT2D eigenvalue weighted by Crippen LogP contribution is -2.21. The second-order valence-corrected chi connectivity index (χ2v) is 5.70. The van der Waals surface area contributed by atoms with Gasteiger partial charge < -0.3 is 14.8 Å². The first-order valence-electron chi connectivity index (χ1n) is 8.14. The molecule has 2 aromatic rings. The van der Waals surface area contributed by atoms with Gasteiger partial charge in [0, 0.05) is 23.7 Å². The van der Waals surface area contributed by atoms with E-state index < -0.39 is 16.7 Å². The molecule has 3 rings (SSSR count). The summed E-state index contributed by atoms with van der Waals surface area (Å²) in [5, 5.41) is 14.3. The minimum absolute atomic E-state index is 0.111. The zero-order chi connectivity index (χ0) is 18.7. The number of hydrogen-bond donors (Lipinski definition) is 1. The highest BCUT2D eigenvalue weighted by Crippen LogP contribution is 2.36. The summed E-state index contributed by atoms with van der Waals surface area (Å²) < 4.78 is 24.2. The fraction of sp³-hybridized carbons (Fsp3) is 0.278. The molecule has 0 bridgehead atoms. The highest BCUT2D eigenvalue weighted by molar-refractivity contribution is 5.95. The maximum absolute atomic E-state index is 13.9. The normalized spacial score (nSPS) is 15.5. The van der Waals surface area contributed by atoms with Crippen LogP contribution in [0.25, 0.3) is 0 Å². The molecular formula is C18H17FN2O5. The van der Waals surface area contributed by atoms with Gasteiger partial charge in [0.1, 0.15) is 5.56 Å². The number of fused-ring (bicyclic) bond motifs is 1. The predicted molar refractivity (Wildman–Crippen MR) is 91.9 cm³/mol. The number of para-hydroxylation sites is 1. The van der Waals surface area contributed by atoms with Crippen LogP contribution in [0.1, 0.15) is 35.3 Å². The molecule has 0 saturated heterocycles. The number of nitrogens with zero attached hydrogens (tertiary/aromatic N) is 1. The Hall–Kier alpha value is -3.16. The number of halogens is 1. The van der Waals surface area contributed by atoms with Gasteiger partial charge in [0.05, 0.1) is 24.2 Å². The Morgan fingerprint density at radius 3 is 2.96 bits per heavy atom. The van der Waals surface area contributed by atoms with Crippen LogP contribution in [0.5, 0.6) is 5.75 Å². The van der Waals surface area contributed by atoms with E-state index in [0.29, 0.717) is 24.3 Å². The summed E-state index contributed by atoms with van der Waals surface area (Å²) in [5.74, 6) is -1.00. The van der Waals surface area contributed by atoms with Crippen LogP contribution in [0.2, 0.25) is 0 Å². The molecule has 1 heterocycles. The molecular weight excluding hydrogens is 343 g/mol. The topological polar surface area (TPSA) is 90.7 Å². The molecule has 0 aromatic heterocycles. The highest BCUT2D eigenvalue weighted by atomic mass is 19.1. The standard InChI is InChI=1S/C18H17FN2O5/c1-2-25-18(22)13-10-11(6-7-16(13)21(23)24)20-15-8-9-26-17-12(15)4-3-5-14(17)19/h3-7,10,15,20H,2,8-9H2,1H3/t15-/m0/s1. The zero-order valence-corrected chi connectivity index (χ0v) is 14.0. The predicted octanol–water partition coefficient (Wildman–Crippen LogP) is 3.85. The maximum atomic E-state index is 13.9. The third-order valence-corrected chi connectivity index (χ3v) is 4.06. The average molecular weight is 360 g/mol. The van der Waals surface area contributed by atoms with Crippen molar-refractivity contribution in [3.63, 3.8) is 0 Å². The van der Waals surface area contributed by atoms with E-state index in [9.17, 15) is 19.3 Å². The van der Waals surface area contributed by atoms with E-state index in [1.165, 1.54) is 24.3 Å². The van der Waals surface area contributed by atoms with E-state index in [4.69, 9.17) is 9.47 Å². The highest BCUT2D eigenvalue weighted by Gasteiger charge is 2.26. The first-order chi connectivity index (χ1) is 12.5. The van der Waals surface area contributed by atoms with Crippen molar-refractivity contribution in [2.24, 2.45) is 0 Å². The molecule has 1 N–H and O–H groups in total. The molecule has 2 aromatic carbocycles. The Labute approximate surface area is 148 Å². The summed E-state index contributed by atoms with van der Waals surface area (Å²) in [5.41, 5.74) is 0.703. The van der Waals surface area contributed by atoms with Gasteiger partial charge in [0.2, 0.25) is 0 Å². The Bertz CT molecular complexity index is 855. The molecule has 0 saturated carbocycles. The molecule has 1 atom stereocenters. The lowest BCUT2D eigenvalue weighted by molar-refractivity contribution is -0.385. The largest absolute Gasteiger partial charge is 0.490 e. The SMILES string of the molecule is CCOC(=O)c1cc(N[C@H]2CCOc3c(F)cccc32)ccc1[N+](=O)[O-].